The number of nitrogens with one attached hydrogen (secondary N) is 1. The Labute approximate surface area is 241 Å². The minimum atomic E-state index is -1.89. The molecular weight excluding hydrogens is 518 g/mol. The van der Waals surface area contributed by atoms with Crippen LogP contribution in [-0.4, -0.2) is 50.7 Å². The fraction of sp³-hybridized carbons (Fsp3) is 0.424. The van der Waals surface area contributed by atoms with Crippen molar-refractivity contribution in [1.29, 1.82) is 0 Å². The van der Waals surface area contributed by atoms with Crippen LogP contribution in [0.1, 0.15) is 68.3 Å². The van der Waals surface area contributed by atoms with Crippen molar-refractivity contribution in [1.82, 2.24) is 15.2 Å². The zero-order valence-corrected chi connectivity index (χ0v) is 23.5. The van der Waals surface area contributed by atoms with E-state index in [1.165, 1.54) is 37.0 Å². The summed E-state index contributed by atoms with van der Waals surface area (Å²) in [6.07, 6.45) is 5.67. The van der Waals surface area contributed by atoms with Crippen molar-refractivity contribution in [2.45, 2.75) is 76.8 Å². The summed E-state index contributed by atoms with van der Waals surface area (Å²) < 4.78 is 6.06. The lowest BCUT2D eigenvalue weighted by atomic mass is 9.87. The normalized spacial score (nSPS) is 17.4. The van der Waals surface area contributed by atoms with Crippen molar-refractivity contribution in [3.8, 4) is 16.9 Å². The van der Waals surface area contributed by atoms with Crippen molar-refractivity contribution in [2.75, 3.05) is 6.61 Å². The zero-order valence-electron chi connectivity index (χ0n) is 23.5. The van der Waals surface area contributed by atoms with Gasteiger partial charge >= 0.3 is 0 Å². The third-order valence-electron chi connectivity index (χ3n) is 8.28. The Morgan fingerprint density at radius 3 is 2.51 bits per heavy atom. The number of aliphatic hydroxyl groups is 2. The molecule has 41 heavy (non-hydrogen) atoms. The van der Waals surface area contributed by atoms with E-state index in [1.807, 2.05) is 54.6 Å². The van der Waals surface area contributed by atoms with Gasteiger partial charge in [0, 0.05) is 12.7 Å². The van der Waals surface area contributed by atoms with Gasteiger partial charge in [-0.25, -0.2) is 0 Å². The highest BCUT2D eigenvalue weighted by Gasteiger charge is 2.36. The lowest BCUT2D eigenvalue weighted by Gasteiger charge is -2.24. The number of pyridine rings is 1. The molecule has 0 saturated heterocycles. The molecule has 216 valence electrons. The number of fused-ring (bicyclic) bond motifs is 1. The Morgan fingerprint density at radius 1 is 0.976 bits per heavy atom. The molecule has 2 amide bonds. The van der Waals surface area contributed by atoms with E-state index in [0.717, 1.165) is 52.6 Å². The summed E-state index contributed by atoms with van der Waals surface area (Å²) in [5.74, 6) is 0.129. The Kier molecular flexibility index (Phi) is 9.31. The minimum absolute atomic E-state index is 0.235. The first-order valence-corrected chi connectivity index (χ1v) is 14.6. The van der Waals surface area contributed by atoms with Crippen molar-refractivity contribution in [2.24, 2.45) is 5.92 Å². The number of ether oxygens (including phenoxy) is 1. The average Bonchev–Trinajstić information content (AvgIpc) is 3.45. The number of nitrogens with zero attached hydrogens (tertiary/aromatic N) is 2. The van der Waals surface area contributed by atoms with Crippen molar-refractivity contribution < 1.29 is 24.5 Å². The van der Waals surface area contributed by atoms with Crippen molar-refractivity contribution in [3.05, 3.63) is 83.7 Å². The van der Waals surface area contributed by atoms with Gasteiger partial charge in [0.05, 0.1) is 24.9 Å². The topological polar surface area (TPSA) is 112 Å². The molecule has 2 heterocycles. The summed E-state index contributed by atoms with van der Waals surface area (Å²) in [7, 11) is 0. The number of aliphatic hydroxyl groups excluding tert-OH is 2. The highest BCUT2D eigenvalue weighted by molar-refractivity contribution is 5.91. The predicted octanol–water partition coefficient (Wildman–Crippen LogP) is 4.54. The Morgan fingerprint density at radius 2 is 1.76 bits per heavy atom. The van der Waals surface area contributed by atoms with E-state index in [4.69, 9.17) is 4.74 Å². The molecule has 1 aromatic heterocycles. The van der Waals surface area contributed by atoms with Crippen LogP contribution >= 0.6 is 0 Å². The van der Waals surface area contributed by atoms with E-state index >= 15 is 0 Å². The molecule has 2 aromatic carbocycles. The van der Waals surface area contributed by atoms with Crippen LogP contribution in [0, 0.1) is 5.92 Å². The lowest BCUT2D eigenvalue weighted by molar-refractivity contribution is -0.153. The molecule has 1 saturated carbocycles. The number of benzene rings is 2. The third kappa shape index (κ3) is 7.13. The molecule has 0 radical (unpaired) electrons. The second kappa shape index (κ2) is 13.3. The minimum Gasteiger partial charge on any atom is -0.494 e. The fourth-order valence-corrected chi connectivity index (χ4v) is 5.75. The first-order valence-electron chi connectivity index (χ1n) is 14.6. The molecular formula is C33H39N3O5. The summed E-state index contributed by atoms with van der Waals surface area (Å²) in [5, 5.41) is 23.6. The lowest BCUT2D eigenvalue weighted by Crippen LogP contribution is -2.50. The molecule has 3 N–H and O–H groups in total. The molecule has 3 atom stereocenters. The average molecular weight is 558 g/mol. The Hall–Kier alpha value is -3.75. The highest BCUT2D eigenvalue weighted by atomic mass is 16.5. The fourth-order valence-electron chi connectivity index (χ4n) is 5.75. The van der Waals surface area contributed by atoms with Crippen LogP contribution in [0.2, 0.25) is 0 Å². The number of hydrogen-bond acceptors (Lipinski definition) is 6. The quantitative estimate of drug-likeness (QED) is 0.338. The molecule has 0 spiro atoms. The number of amides is 2. The predicted molar refractivity (Wildman–Crippen MR) is 156 cm³/mol. The van der Waals surface area contributed by atoms with Gasteiger partial charge in [0.15, 0.2) is 12.2 Å². The molecule has 1 aliphatic heterocycles. The summed E-state index contributed by atoms with van der Waals surface area (Å²) in [6, 6.07) is 19.1. The molecule has 1 fully saturated rings. The van der Waals surface area contributed by atoms with Crippen molar-refractivity contribution in [3.63, 3.8) is 0 Å². The van der Waals surface area contributed by atoms with E-state index in [2.05, 4.69) is 10.3 Å². The molecule has 5 rings (SSSR count). The highest BCUT2D eigenvalue weighted by Crippen LogP contribution is 2.28. The largest absolute Gasteiger partial charge is 0.494 e. The van der Waals surface area contributed by atoms with Gasteiger partial charge in [0.2, 0.25) is 0 Å². The number of carbonyl (C=O) groups is 2. The summed E-state index contributed by atoms with van der Waals surface area (Å²) in [6.45, 7) is 3.04. The molecule has 8 nitrogen and oxygen atoms in total. The van der Waals surface area contributed by atoms with Crippen LogP contribution in [0.15, 0.2) is 66.9 Å². The second-order valence-electron chi connectivity index (χ2n) is 11.2. The molecule has 8 heteroatoms. The number of aromatic nitrogens is 1. The van der Waals surface area contributed by atoms with Crippen LogP contribution in [0.25, 0.3) is 11.1 Å². The monoisotopic (exact) mass is 557 g/mol. The van der Waals surface area contributed by atoms with Gasteiger partial charge in [-0.15, -0.1) is 0 Å². The second-order valence-corrected chi connectivity index (χ2v) is 11.2. The van der Waals surface area contributed by atoms with Gasteiger partial charge in [-0.05, 0) is 59.7 Å². The summed E-state index contributed by atoms with van der Waals surface area (Å²) in [5.41, 5.74) is 4.53. The maximum atomic E-state index is 12.7. The molecule has 0 bridgehead atoms. The van der Waals surface area contributed by atoms with Crippen LogP contribution < -0.4 is 10.1 Å². The number of carbonyl (C=O) groups excluding carboxylic acids is 2. The first kappa shape index (κ1) is 28.8. The SMILES string of the molecule is CC(NC(=O)C(O)C(O)C(=O)N1Cc2cccnc2C1)c1ccc(-c2cccc(OCCC3CCCCC3)c2)cc1. The molecule has 1 aliphatic carbocycles. The molecule has 3 unspecified atom stereocenters. The van der Waals surface area contributed by atoms with Gasteiger partial charge in [0.1, 0.15) is 5.75 Å². The maximum absolute atomic E-state index is 12.7. The van der Waals surface area contributed by atoms with Gasteiger partial charge in [-0.2, -0.15) is 0 Å². The van der Waals surface area contributed by atoms with E-state index in [1.54, 1.807) is 19.2 Å². The van der Waals surface area contributed by atoms with Gasteiger partial charge in [-0.3, -0.25) is 14.6 Å². The van der Waals surface area contributed by atoms with Gasteiger partial charge in [-0.1, -0.05) is 74.6 Å². The number of rotatable bonds is 10. The number of hydrogen-bond donors (Lipinski definition) is 3. The molecule has 3 aromatic rings. The van der Waals surface area contributed by atoms with Crippen LogP contribution in [0.4, 0.5) is 0 Å². The smallest absolute Gasteiger partial charge is 0.255 e. The standard InChI is InChI=1S/C33H39N3O5/c1-22(35-32(39)30(37)31(38)33(40)36-20-27-10-6-17-34-29(27)21-36)24-12-14-25(15-13-24)26-9-5-11-28(19-26)41-18-16-23-7-3-2-4-8-23/h5-6,9-15,17,19,22-23,30-31,37-38H,2-4,7-8,16,18,20-21H2,1H3,(H,35,39). The molecule has 2 aliphatic rings. The van der Waals surface area contributed by atoms with Gasteiger partial charge < -0.3 is 25.2 Å². The van der Waals surface area contributed by atoms with E-state index in [0.29, 0.717) is 0 Å². The van der Waals surface area contributed by atoms with Crippen LogP contribution in [0.3, 0.4) is 0 Å². The van der Waals surface area contributed by atoms with E-state index in [9.17, 15) is 19.8 Å². The summed E-state index contributed by atoms with van der Waals surface area (Å²) >= 11 is 0. The van der Waals surface area contributed by atoms with Crippen LogP contribution in [0.5, 0.6) is 5.75 Å². The van der Waals surface area contributed by atoms with E-state index in [-0.39, 0.29) is 13.1 Å². The Bertz CT molecular complexity index is 1310. The maximum Gasteiger partial charge on any atom is 0.255 e. The third-order valence-corrected chi connectivity index (χ3v) is 8.28. The summed E-state index contributed by atoms with van der Waals surface area (Å²) in [4.78, 5) is 31.1. The Balaban J connectivity index is 1.12. The van der Waals surface area contributed by atoms with Crippen molar-refractivity contribution >= 4 is 11.8 Å². The van der Waals surface area contributed by atoms with Crippen LogP contribution in [-0.2, 0) is 22.7 Å². The first-order chi connectivity index (χ1) is 19.9. The zero-order chi connectivity index (χ0) is 28.8. The van der Waals surface area contributed by atoms with Gasteiger partial charge in [0.25, 0.3) is 11.8 Å². The van der Waals surface area contributed by atoms with E-state index < -0.39 is 30.1 Å².